The Bertz CT molecular complexity index is 672. The van der Waals surface area contributed by atoms with E-state index in [0.717, 1.165) is 11.6 Å². The summed E-state index contributed by atoms with van der Waals surface area (Å²) in [5.41, 5.74) is 0.747. The molecular formula is C10H10Cl2N2O5S. The van der Waals surface area contributed by atoms with Crippen LogP contribution in [0.1, 0.15) is 5.56 Å². The summed E-state index contributed by atoms with van der Waals surface area (Å²) in [6.45, 7) is 1.26. The Balaban J connectivity index is 3.32. The number of nitrogens with zero attached hydrogens (tertiary/aromatic N) is 1. The van der Waals surface area contributed by atoms with E-state index in [2.05, 4.69) is 0 Å². The van der Waals surface area contributed by atoms with Crippen molar-refractivity contribution in [2.24, 2.45) is 5.14 Å². The summed E-state index contributed by atoms with van der Waals surface area (Å²) >= 11 is 10.9. The van der Waals surface area contributed by atoms with Gasteiger partial charge in [0.05, 0.1) is 14.9 Å². The smallest absolute Gasteiger partial charge is 0.312 e. The molecule has 20 heavy (non-hydrogen) atoms. The van der Waals surface area contributed by atoms with Gasteiger partial charge >= 0.3 is 5.69 Å². The lowest BCUT2D eigenvalue weighted by Gasteiger charge is -2.09. The molecule has 0 aliphatic carbocycles. The fourth-order valence-electron chi connectivity index (χ4n) is 1.39. The second-order valence-corrected chi connectivity index (χ2v) is 5.97. The lowest BCUT2D eigenvalue weighted by Crippen LogP contribution is -2.14. The Labute approximate surface area is 125 Å². The van der Waals surface area contributed by atoms with E-state index in [1.165, 1.54) is 13.0 Å². The summed E-state index contributed by atoms with van der Waals surface area (Å²) in [4.78, 5) is 9.83. The number of nitro benzene ring substituents is 1. The third-order valence-corrected chi connectivity index (χ3v) is 3.89. The minimum Gasteiger partial charge on any atom is -0.481 e. The third-order valence-electron chi connectivity index (χ3n) is 2.24. The highest BCUT2D eigenvalue weighted by Crippen LogP contribution is 2.32. The lowest BCUT2D eigenvalue weighted by atomic mass is 10.2. The van der Waals surface area contributed by atoms with Crippen LogP contribution < -0.4 is 9.88 Å². The monoisotopic (exact) mass is 340 g/mol. The highest BCUT2D eigenvalue weighted by Gasteiger charge is 2.23. The number of benzene rings is 1. The fraction of sp³-hybridized carbons (Fsp3) is 0.200. The summed E-state index contributed by atoms with van der Waals surface area (Å²) in [6, 6.07) is 2.05. The molecule has 0 amide bonds. The number of aryl methyl sites for hydroxylation is 1. The molecular weight excluding hydrogens is 331 g/mol. The van der Waals surface area contributed by atoms with E-state index < -0.39 is 20.6 Å². The van der Waals surface area contributed by atoms with Crippen LogP contribution in [0.15, 0.2) is 27.6 Å². The Kier molecular flexibility index (Phi) is 5.35. The molecule has 0 radical (unpaired) electrons. The number of hydrogen-bond acceptors (Lipinski definition) is 5. The van der Waals surface area contributed by atoms with Crippen LogP contribution in [-0.2, 0) is 10.0 Å². The molecule has 0 fully saturated rings. The predicted octanol–water partition coefficient (Wildman–Crippen LogP) is 2.25. The molecule has 2 N–H and O–H groups in total. The molecule has 1 rings (SSSR count). The molecule has 0 saturated heterocycles. The van der Waals surface area contributed by atoms with Gasteiger partial charge in [-0.1, -0.05) is 23.2 Å². The van der Waals surface area contributed by atoms with E-state index in [1.807, 2.05) is 0 Å². The summed E-state index contributed by atoms with van der Waals surface area (Å²) in [7, 11) is -4.06. The molecule has 10 heteroatoms. The Morgan fingerprint density at radius 1 is 1.55 bits per heavy atom. The number of nitro groups is 1. The Morgan fingerprint density at radius 3 is 2.60 bits per heavy atom. The van der Waals surface area contributed by atoms with Gasteiger partial charge in [0, 0.05) is 11.6 Å². The summed E-state index contributed by atoms with van der Waals surface area (Å²) in [5.74, 6) is -0.128. The van der Waals surface area contributed by atoms with Crippen LogP contribution in [0.2, 0.25) is 0 Å². The fourth-order valence-corrected chi connectivity index (χ4v) is 2.30. The first-order chi connectivity index (χ1) is 9.16. The number of rotatable bonds is 5. The second-order valence-electron chi connectivity index (χ2n) is 3.73. The van der Waals surface area contributed by atoms with Crippen molar-refractivity contribution in [1.29, 1.82) is 0 Å². The van der Waals surface area contributed by atoms with Crippen molar-refractivity contribution in [2.45, 2.75) is 11.8 Å². The van der Waals surface area contributed by atoms with E-state index in [1.54, 1.807) is 0 Å². The molecule has 0 aliphatic rings. The number of nitrogens with two attached hydrogens (primary N) is 1. The van der Waals surface area contributed by atoms with Crippen LogP contribution in [0.3, 0.4) is 0 Å². The minimum atomic E-state index is -4.06. The zero-order valence-corrected chi connectivity index (χ0v) is 12.5. The molecule has 7 nitrogen and oxygen atoms in total. The average molecular weight is 341 g/mol. The van der Waals surface area contributed by atoms with E-state index in [4.69, 9.17) is 33.1 Å². The van der Waals surface area contributed by atoms with Crippen molar-refractivity contribution in [2.75, 3.05) is 6.61 Å². The normalized spacial score (nSPS) is 12.3. The lowest BCUT2D eigenvalue weighted by molar-refractivity contribution is -0.386. The summed E-state index contributed by atoms with van der Waals surface area (Å²) in [6.07, 6.45) is 0. The van der Waals surface area contributed by atoms with Gasteiger partial charge < -0.3 is 4.74 Å². The molecule has 0 unspecified atom stereocenters. The summed E-state index contributed by atoms with van der Waals surface area (Å²) in [5, 5.41) is 16.1. The van der Waals surface area contributed by atoms with Gasteiger partial charge in [0.1, 0.15) is 6.61 Å². The molecule has 1 aromatic carbocycles. The average Bonchev–Trinajstić information content (AvgIpc) is 2.33. The highest BCUT2D eigenvalue weighted by atomic mass is 35.5. The van der Waals surface area contributed by atoms with Gasteiger partial charge in [0.2, 0.25) is 10.0 Å². The molecule has 0 saturated carbocycles. The SMILES string of the molecule is Cc1cc(OC/C(Cl)=C/Cl)c([N+](=O)[O-])cc1S(N)(=O)=O. The van der Waals surface area contributed by atoms with Crippen molar-refractivity contribution in [3.05, 3.63) is 38.4 Å². The Hall–Kier alpha value is -1.35. The van der Waals surface area contributed by atoms with Crippen LogP contribution in [0.4, 0.5) is 5.69 Å². The third kappa shape index (κ3) is 4.07. The number of ether oxygens (including phenoxy) is 1. The predicted molar refractivity (Wildman–Crippen MR) is 74.5 cm³/mol. The quantitative estimate of drug-likeness (QED) is 0.652. The molecule has 0 bridgehead atoms. The van der Waals surface area contributed by atoms with Gasteiger partial charge in [0.15, 0.2) is 5.75 Å². The molecule has 0 atom stereocenters. The maximum atomic E-state index is 11.3. The maximum absolute atomic E-state index is 11.3. The zero-order valence-electron chi connectivity index (χ0n) is 10.2. The zero-order chi connectivity index (χ0) is 15.5. The number of hydrogen-bond donors (Lipinski definition) is 1. The van der Waals surface area contributed by atoms with Gasteiger partial charge in [-0.25, -0.2) is 13.6 Å². The van der Waals surface area contributed by atoms with Crippen molar-refractivity contribution >= 4 is 38.9 Å². The van der Waals surface area contributed by atoms with Crippen LogP contribution >= 0.6 is 23.2 Å². The van der Waals surface area contributed by atoms with Gasteiger partial charge in [-0.2, -0.15) is 0 Å². The topological polar surface area (TPSA) is 113 Å². The molecule has 0 aromatic heterocycles. The minimum absolute atomic E-state index is 0.128. The molecule has 0 heterocycles. The molecule has 0 spiro atoms. The van der Waals surface area contributed by atoms with E-state index in [0.29, 0.717) is 0 Å². The molecule has 0 aliphatic heterocycles. The molecule has 1 aromatic rings. The first kappa shape index (κ1) is 16.7. The van der Waals surface area contributed by atoms with E-state index in [9.17, 15) is 18.5 Å². The van der Waals surface area contributed by atoms with E-state index >= 15 is 0 Å². The standard InChI is InChI=1S/C10H10Cl2N2O5S/c1-6-2-9(19-5-7(12)4-11)8(14(15)16)3-10(6)20(13,17)18/h2-4H,5H2,1H3,(H2,13,17,18)/b7-4-. The Morgan fingerprint density at radius 2 is 2.15 bits per heavy atom. The highest BCUT2D eigenvalue weighted by molar-refractivity contribution is 7.89. The van der Waals surface area contributed by atoms with Crippen LogP contribution in [0.25, 0.3) is 0 Å². The second kappa shape index (κ2) is 6.40. The van der Waals surface area contributed by atoms with Gasteiger partial charge in [0.25, 0.3) is 0 Å². The van der Waals surface area contributed by atoms with Crippen LogP contribution in [0.5, 0.6) is 5.75 Å². The number of sulfonamides is 1. The first-order valence-electron chi connectivity index (χ1n) is 5.06. The van der Waals surface area contributed by atoms with Crippen molar-refractivity contribution in [1.82, 2.24) is 0 Å². The largest absolute Gasteiger partial charge is 0.481 e. The van der Waals surface area contributed by atoms with Crippen molar-refractivity contribution in [3.63, 3.8) is 0 Å². The van der Waals surface area contributed by atoms with Crippen LogP contribution in [0, 0.1) is 17.0 Å². The number of halogens is 2. The van der Waals surface area contributed by atoms with Gasteiger partial charge in [-0.05, 0) is 18.6 Å². The van der Waals surface area contributed by atoms with Gasteiger partial charge in [-0.3, -0.25) is 10.1 Å². The van der Waals surface area contributed by atoms with Crippen molar-refractivity contribution < 1.29 is 18.1 Å². The van der Waals surface area contributed by atoms with Crippen molar-refractivity contribution in [3.8, 4) is 5.75 Å². The first-order valence-corrected chi connectivity index (χ1v) is 7.42. The number of primary sulfonamides is 1. The molecule has 110 valence electrons. The van der Waals surface area contributed by atoms with Gasteiger partial charge in [-0.15, -0.1) is 0 Å². The van der Waals surface area contributed by atoms with Crippen LogP contribution in [-0.4, -0.2) is 19.9 Å². The summed E-state index contributed by atoms with van der Waals surface area (Å²) < 4.78 is 27.8. The van der Waals surface area contributed by atoms with E-state index in [-0.39, 0.29) is 27.8 Å². The maximum Gasteiger partial charge on any atom is 0.312 e.